The van der Waals surface area contributed by atoms with Crippen LogP contribution >= 0.6 is 15.9 Å². The van der Waals surface area contributed by atoms with Gasteiger partial charge in [0.2, 0.25) is 0 Å². The molecule has 3 saturated carbocycles. The molecule has 4 nitrogen and oxygen atoms in total. The molecule has 3 aliphatic rings. The van der Waals surface area contributed by atoms with Gasteiger partial charge in [-0.2, -0.15) is 0 Å². The lowest BCUT2D eigenvalue weighted by Gasteiger charge is -2.51. The largest absolute Gasteiger partial charge is 0.481 e. The van der Waals surface area contributed by atoms with E-state index in [2.05, 4.69) is 29.8 Å². The third kappa shape index (κ3) is 1.65. The quantitative estimate of drug-likeness (QED) is 0.755. The van der Waals surface area contributed by atoms with Crippen LogP contribution in [0.5, 0.6) is 0 Å². The van der Waals surface area contributed by atoms with Gasteiger partial charge in [0.15, 0.2) is 0 Å². The van der Waals surface area contributed by atoms with E-state index in [1.165, 1.54) is 0 Å². The molecule has 5 heteroatoms. The van der Waals surface area contributed by atoms with Gasteiger partial charge in [0.25, 0.3) is 0 Å². The molecule has 3 fully saturated rings. The normalized spacial score (nSPS) is 48.9. The van der Waals surface area contributed by atoms with Gasteiger partial charge in [-0.05, 0) is 48.3 Å². The zero-order chi connectivity index (χ0) is 14.9. The Balaban J connectivity index is 1.96. The Hall–Kier alpha value is -0.580. The average molecular weight is 345 g/mol. The lowest BCUT2D eigenvalue weighted by Crippen LogP contribution is -2.51. The zero-order valence-electron chi connectivity index (χ0n) is 11.8. The molecule has 0 aromatic heterocycles. The number of carboxylic acids is 2. The van der Waals surface area contributed by atoms with Gasteiger partial charge < -0.3 is 10.2 Å². The van der Waals surface area contributed by atoms with E-state index in [4.69, 9.17) is 0 Å². The predicted octanol–water partition coefficient (Wildman–Crippen LogP) is 3.00. The number of halogens is 1. The highest BCUT2D eigenvalue weighted by Crippen LogP contribution is 2.72. The van der Waals surface area contributed by atoms with Gasteiger partial charge >= 0.3 is 11.9 Å². The summed E-state index contributed by atoms with van der Waals surface area (Å²) in [6.45, 7) is 4.50. The van der Waals surface area contributed by atoms with Gasteiger partial charge in [0.05, 0.1) is 11.8 Å². The Morgan fingerprint density at radius 2 is 1.60 bits per heavy atom. The Morgan fingerprint density at radius 1 is 1.00 bits per heavy atom. The van der Waals surface area contributed by atoms with E-state index < -0.39 is 23.8 Å². The first-order chi connectivity index (χ1) is 9.20. The fourth-order valence-corrected chi connectivity index (χ4v) is 6.47. The van der Waals surface area contributed by atoms with Gasteiger partial charge in [0.1, 0.15) is 0 Å². The van der Waals surface area contributed by atoms with Gasteiger partial charge in [0, 0.05) is 4.83 Å². The summed E-state index contributed by atoms with van der Waals surface area (Å²) in [5.41, 5.74) is 0.165. The molecule has 6 atom stereocenters. The van der Waals surface area contributed by atoms with E-state index in [0.717, 1.165) is 12.8 Å². The third-order valence-corrected chi connectivity index (χ3v) is 8.57. The molecule has 2 N–H and O–H groups in total. The summed E-state index contributed by atoms with van der Waals surface area (Å²) >= 11 is 3.84. The maximum atomic E-state index is 11.5. The second-order valence-electron chi connectivity index (χ2n) is 7.58. The van der Waals surface area contributed by atoms with Crippen LogP contribution < -0.4 is 0 Å². The molecular weight excluding hydrogens is 324 g/mol. The Labute approximate surface area is 127 Å². The standard InChI is InChI=1S/C15H21BrO4/c1-14(2)8-3-7-4-9(11(17)18)10(12(19)20)6-15(7,5-8)13(14)16/h7-10,13H,3-6H2,1-2H3,(H,17,18)(H,19,20)/t7-,8+,9+,10-,13-,15-/m1/s1. The molecule has 3 aliphatic carbocycles. The maximum Gasteiger partial charge on any atom is 0.307 e. The summed E-state index contributed by atoms with van der Waals surface area (Å²) in [5.74, 6) is -2.40. The first-order valence-electron chi connectivity index (χ1n) is 7.30. The van der Waals surface area contributed by atoms with Crippen molar-refractivity contribution in [2.75, 3.05) is 0 Å². The Kier molecular flexibility index (Phi) is 3.03. The number of rotatable bonds is 2. The van der Waals surface area contributed by atoms with Crippen LogP contribution in [-0.4, -0.2) is 27.0 Å². The molecule has 0 aromatic carbocycles. The topological polar surface area (TPSA) is 74.6 Å². The number of fused-ring (bicyclic) bond motifs is 1. The minimum Gasteiger partial charge on any atom is -0.481 e. The van der Waals surface area contributed by atoms with E-state index in [1.807, 2.05) is 0 Å². The number of hydrogen-bond donors (Lipinski definition) is 2. The first-order valence-corrected chi connectivity index (χ1v) is 8.21. The minimum absolute atomic E-state index is 0.0107. The molecule has 0 heterocycles. The summed E-state index contributed by atoms with van der Waals surface area (Å²) in [7, 11) is 0. The summed E-state index contributed by atoms with van der Waals surface area (Å²) in [5, 5.41) is 18.8. The summed E-state index contributed by atoms with van der Waals surface area (Å²) in [4.78, 5) is 23.2. The second-order valence-corrected chi connectivity index (χ2v) is 8.50. The third-order valence-electron chi connectivity index (χ3n) is 6.48. The molecule has 0 aliphatic heterocycles. The molecular formula is C15H21BrO4. The van der Waals surface area contributed by atoms with E-state index in [0.29, 0.717) is 29.5 Å². The van der Waals surface area contributed by atoms with Crippen LogP contribution in [0.1, 0.15) is 39.5 Å². The monoisotopic (exact) mass is 344 g/mol. The molecule has 20 heavy (non-hydrogen) atoms. The predicted molar refractivity (Wildman–Crippen MR) is 76.6 cm³/mol. The van der Waals surface area contributed by atoms with Crippen LogP contribution in [0.4, 0.5) is 0 Å². The number of aliphatic carboxylic acids is 2. The van der Waals surface area contributed by atoms with E-state index >= 15 is 0 Å². The van der Waals surface area contributed by atoms with Crippen molar-refractivity contribution < 1.29 is 19.8 Å². The molecule has 0 aromatic rings. The molecule has 2 bridgehead atoms. The highest BCUT2D eigenvalue weighted by atomic mass is 79.9. The van der Waals surface area contributed by atoms with Crippen LogP contribution in [0.3, 0.4) is 0 Å². The fraction of sp³-hybridized carbons (Fsp3) is 0.867. The van der Waals surface area contributed by atoms with E-state index in [9.17, 15) is 19.8 Å². The van der Waals surface area contributed by atoms with E-state index in [-0.39, 0.29) is 10.8 Å². The SMILES string of the molecule is CC1(C)[C@H]2C[C@@H]3C[C@H](C(=O)O)[C@H](C(=O)O)C[C@@]3(C2)[C@@H]1Br. The first kappa shape index (κ1) is 14.4. The van der Waals surface area contributed by atoms with Gasteiger partial charge in [-0.25, -0.2) is 0 Å². The number of carbonyl (C=O) groups is 2. The fourth-order valence-electron chi connectivity index (χ4n) is 5.35. The van der Waals surface area contributed by atoms with Crippen molar-refractivity contribution in [1.82, 2.24) is 0 Å². The molecule has 0 unspecified atom stereocenters. The van der Waals surface area contributed by atoms with Gasteiger partial charge in [-0.15, -0.1) is 0 Å². The highest BCUT2D eigenvalue weighted by molar-refractivity contribution is 9.09. The van der Waals surface area contributed by atoms with Crippen LogP contribution in [0, 0.1) is 34.5 Å². The molecule has 0 saturated heterocycles. The zero-order valence-corrected chi connectivity index (χ0v) is 13.4. The van der Waals surface area contributed by atoms with Crippen molar-refractivity contribution in [3.05, 3.63) is 0 Å². The molecule has 0 radical (unpaired) electrons. The van der Waals surface area contributed by atoms with Crippen molar-refractivity contribution in [3.63, 3.8) is 0 Å². The van der Waals surface area contributed by atoms with Crippen LogP contribution in [0.2, 0.25) is 0 Å². The summed E-state index contributed by atoms with van der Waals surface area (Å²) < 4.78 is 0. The average Bonchev–Trinajstić information content (AvgIpc) is 2.82. The Bertz CT molecular complexity index is 474. The molecule has 1 spiro atoms. The molecule has 0 amide bonds. The molecule has 112 valence electrons. The Morgan fingerprint density at radius 3 is 2.10 bits per heavy atom. The summed E-state index contributed by atoms with van der Waals surface area (Å²) in [6.07, 6.45) is 3.16. The highest BCUT2D eigenvalue weighted by Gasteiger charge is 2.68. The van der Waals surface area contributed by atoms with Crippen molar-refractivity contribution in [2.24, 2.45) is 34.5 Å². The lowest BCUT2D eigenvalue weighted by atomic mass is 9.56. The van der Waals surface area contributed by atoms with Crippen LogP contribution in [-0.2, 0) is 9.59 Å². The van der Waals surface area contributed by atoms with Crippen LogP contribution in [0.15, 0.2) is 0 Å². The number of carboxylic acid groups (broad SMARTS) is 2. The molecule has 3 rings (SSSR count). The second kappa shape index (κ2) is 4.21. The lowest BCUT2D eigenvalue weighted by molar-refractivity contribution is -0.160. The van der Waals surface area contributed by atoms with E-state index in [1.54, 1.807) is 0 Å². The van der Waals surface area contributed by atoms with Crippen molar-refractivity contribution in [3.8, 4) is 0 Å². The summed E-state index contributed by atoms with van der Waals surface area (Å²) in [6, 6.07) is 0. The van der Waals surface area contributed by atoms with Gasteiger partial charge in [-0.1, -0.05) is 29.8 Å². The minimum atomic E-state index is -0.946. The van der Waals surface area contributed by atoms with Gasteiger partial charge in [-0.3, -0.25) is 9.59 Å². The van der Waals surface area contributed by atoms with Crippen molar-refractivity contribution in [2.45, 2.75) is 44.4 Å². The van der Waals surface area contributed by atoms with Crippen molar-refractivity contribution >= 4 is 27.9 Å². The maximum absolute atomic E-state index is 11.5. The van der Waals surface area contributed by atoms with Crippen molar-refractivity contribution in [1.29, 1.82) is 0 Å². The van der Waals surface area contributed by atoms with Crippen LogP contribution in [0.25, 0.3) is 0 Å². The number of alkyl halides is 1. The number of hydrogen-bond acceptors (Lipinski definition) is 2. The smallest absolute Gasteiger partial charge is 0.307 e.